The first kappa shape index (κ1) is 17.1. The van der Waals surface area contributed by atoms with E-state index < -0.39 is 0 Å². The van der Waals surface area contributed by atoms with Crippen molar-refractivity contribution in [2.45, 2.75) is 20.0 Å². The standard InChI is InChI=1S/C24H20O3/c1-2-18-13-21-20(19-11-7-4-8-12-19)14-24(25)27-23(21)15-22(18)26-16-17-9-5-3-6-10-17/h3-15H,2,16H2,1H3. The van der Waals surface area contributed by atoms with Crippen molar-refractivity contribution in [3.8, 4) is 16.9 Å². The molecule has 1 aromatic heterocycles. The van der Waals surface area contributed by atoms with Crippen LogP contribution >= 0.6 is 0 Å². The van der Waals surface area contributed by atoms with Gasteiger partial charge in [0.2, 0.25) is 0 Å². The van der Waals surface area contributed by atoms with Crippen molar-refractivity contribution in [1.82, 2.24) is 0 Å². The van der Waals surface area contributed by atoms with E-state index in [0.717, 1.165) is 39.8 Å². The lowest BCUT2D eigenvalue weighted by Crippen LogP contribution is -2.02. The highest BCUT2D eigenvalue weighted by Crippen LogP contribution is 2.33. The average Bonchev–Trinajstić information content (AvgIpc) is 2.72. The van der Waals surface area contributed by atoms with Gasteiger partial charge in [0.15, 0.2) is 0 Å². The molecule has 0 saturated heterocycles. The molecule has 3 heteroatoms. The van der Waals surface area contributed by atoms with E-state index >= 15 is 0 Å². The number of hydrogen-bond acceptors (Lipinski definition) is 3. The Labute approximate surface area is 157 Å². The van der Waals surface area contributed by atoms with Crippen LogP contribution in [-0.2, 0) is 13.0 Å². The molecule has 0 bridgehead atoms. The summed E-state index contributed by atoms with van der Waals surface area (Å²) >= 11 is 0. The van der Waals surface area contributed by atoms with E-state index in [1.807, 2.05) is 66.7 Å². The van der Waals surface area contributed by atoms with Crippen molar-refractivity contribution >= 4 is 11.0 Å². The molecular formula is C24H20O3. The summed E-state index contributed by atoms with van der Waals surface area (Å²) in [5, 5.41) is 0.921. The maximum absolute atomic E-state index is 12.1. The van der Waals surface area contributed by atoms with Crippen LogP contribution in [0.25, 0.3) is 22.1 Å². The summed E-state index contributed by atoms with van der Waals surface area (Å²) in [7, 11) is 0. The Morgan fingerprint density at radius 3 is 2.30 bits per heavy atom. The largest absolute Gasteiger partial charge is 0.488 e. The molecule has 1 heterocycles. The molecule has 0 spiro atoms. The van der Waals surface area contributed by atoms with E-state index in [9.17, 15) is 4.79 Å². The van der Waals surface area contributed by atoms with Gasteiger partial charge in [-0.2, -0.15) is 0 Å². The summed E-state index contributed by atoms with van der Waals surface area (Å²) in [5.74, 6) is 0.752. The van der Waals surface area contributed by atoms with Crippen LogP contribution in [0.5, 0.6) is 5.75 Å². The Kier molecular flexibility index (Phi) is 4.75. The smallest absolute Gasteiger partial charge is 0.336 e. The van der Waals surface area contributed by atoms with Crippen LogP contribution in [0.1, 0.15) is 18.1 Å². The number of fused-ring (bicyclic) bond motifs is 1. The van der Waals surface area contributed by atoms with Crippen LogP contribution in [0.15, 0.2) is 88.1 Å². The first-order valence-electron chi connectivity index (χ1n) is 9.07. The molecule has 0 unspecified atom stereocenters. The highest BCUT2D eigenvalue weighted by Gasteiger charge is 2.12. The Morgan fingerprint density at radius 2 is 1.59 bits per heavy atom. The van der Waals surface area contributed by atoms with Crippen molar-refractivity contribution in [3.63, 3.8) is 0 Å². The molecular weight excluding hydrogens is 336 g/mol. The molecule has 0 radical (unpaired) electrons. The highest BCUT2D eigenvalue weighted by atomic mass is 16.5. The fraction of sp³-hybridized carbons (Fsp3) is 0.125. The van der Waals surface area contributed by atoms with Gasteiger partial charge in [-0.1, -0.05) is 67.6 Å². The first-order chi connectivity index (χ1) is 13.2. The lowest BCUT2D eigenvalue weighted by molar-refractivity contribution is 0.303. The Bertz CT molecular complexity index is 1110. The molecule has 0 aliphatic carbocycles. The minimum atomic E-state index is -0.361. The topological polar surface area (TPSA) is 39.4 Å². The van der Waals surface area contributed by atoms with Crippen molar-refractivity contribution in [1.29, 1.82) is 0 Å². The second-order valence-electron chi connectivity index (χ2n) is 6.43. The summed E-state index contributed by atoms with van der Waals surface area (Å²) in [5.41, 5.74) is 4.24. The van der Waals surface area contributed by atoms with Gasteiger partial charge in [-0.05, 0) is 34.7 Å². The Morgan fingerprint density at radius 1 is 0.889 bits per heavy atom. The summed E-state index contributed by atoms with van der Waals surface area (Å²) in [6.45, 7) is 2.57. The predicted molar refractivity (Wildman–Crippen MR) is 108 cm³/mol. The van der Waals surface area contributed by atoms with Gasteiger partial charge >= 0.3 is 5.63 Å². The normalized spacial score (nSPS) is 10.9. The van der Waals surface area contributed by atoms with Gasteiger partial charge in [-0.3, -0.25) is 0 Å². The number of benzene rings is 3. The summed E-state index contributed by atoms with van der Waals surface area (Å²) in [4.78, 5) is 12.1. The van der Waals surface area contributed by atoms with Gasteiger partial charge in [-0.25, -0.2) is 4.79 Å². The molecule has 3 aromatic carbocycles. The molecule has 4 aromatic rings. The van der Waals surface area contributed by atoms with Crippen molar-refractivity contribution in [3.05, 3.63) is 100 Å². The van der Waals surface area contributed by atoms with Crippen LogP contribution in [0.2, 0.25) is 0 Å². The van der Waals surface area contributed by atoms with Gasteiger partial charge in [-0.15, -0.1) is 0 Å². The molecule has 0 amide bonds. The van der Waals surface area contributed by atoms with E-state index in [2.05, 4.69) is 13.0 Å². The molecule has 4 rings (SSSR count). The van der Waals surface area contributed by atoms with Crippen molar-refractivity contribution < 1.29 is 9.15 Å². The third kappa shape index (κ3) is 3.63. The lowest BCUT2D eigenvalue weighted by atomic mass is 9.99. The second-order valence-corrected chi connectivity index (χ2v) is 6.43. The fourth-order valence-electron chi connectivity index (χ4n) is 3.24. The predicted octanol–water partition coefficient (Wildman–Crippen LogP) is 5.60. The van der Waals surface area contributed by atoms with E-state index in [1.54, 1.807) is 6.07 Å². The van der Waals surface area contributed by atoms with E-state index in [1.165, 1.54) is 0 Å². The summed E-state index contributed by atoms with van der Waals surface area (Å²) in [6.07, 6.45) is 0.827. The molecule has 0 aliphatic rings. The maximum Gasteiger partial charge on any atom is 0.336 e. The van der Waals surface area contributed by atoms with Crippen LogP contribution < -0.4 is 10.4 Å². The van der Waals surface area contributed by atoms with Crippen LogP contribution in [0.3, 0.4) is 0 Å². The van der Waals surface area contributed by atoms with Crippen molar-refractivity contribution in [2.24, 2.45) is 0 Å². The quantitative estimate of drug-likeness (QED) is 0.437. The van der Waals surface area contributed by atoms with E-state index in [4.69, 9.17) is 9.15 Å². The zero-order valence-electron chi connectivity index (χ0n) is 15.1. The van der Waals surface area contributed by atoms with E-state index in [-0.39, 0.29) is 5.63 Å². The van der Waals surface area contributed by atoms with Gasteiger partial charge < -0.3 is 9.15 Å². The SMILES string of the molecule is CCc1cc2c(-c3ccccc3)cc(=O)oc2cc1OCc1ccccc1. The third-order valence-corrected chi connectivity index (χ3v) is 4.63. The fourth-order valence-corrected chi connectivity index (χ4v) is 3.24. The first-order valence-corrected chi connectivity index (χ1v) is 9.07. The molecule has 134 valence electrons. The average molecular weight is 356 g/mol. The zero-order valence-corrected chi connectivity index (χ0v) is 15.1. The minimum Gasteiger partial charge on any atom is -0.488 e. The van der Waals surface area contributed by atoms with Gasteiger partial charge in [0.1, 0.15) is 17.9 Å². The minimum absolute atomic E-state index is 0.361. The van der Waals surface area contributed by atoms with Crippen molar-refractivity contribution in [2.75, 3.05) is 0 Å². The summed E-state index contributed by atoms with van der Waals surface area (Å²) < 4.78 is 11.5. The van der Waals surface area contributed by atoms with Crippen LogP contribution in [0, 0.1) is 0 Å². The van der Waals surface area contributed by atoms with Gasteiger partial charge in [0.05, 0.1) is 0 Å². The molecule has 0 saturated carbocycles. The second kappa shape index (κ2) is 7.50. The van der Waals surface area contributed by atoms with Gasteiger partial charge in [0, 0.05) is 17.5 Å². The summed E-state index contributed by atoms with van der Waals surface area (Å²) in [6, 6.07) is 25.4. The monoisotopic (exact) mass is 356 g/mol. The maximum atomic E-state index is 12.1. The Hall–Kier alpha value is -3.33. The number of aryl methyl sites for hydroxylation is 1. The molecule has 0 fully saturated rings. The number of hydrogen-bond donors (Lipinski definition) is 0. The third-order valence-electron chi connectivity index (χ3n) is 4.63. The van der Waals surface area contributed by atoms with Gasteiger partial charge in [0.25, 0.3) is 0 Å². The molecule has 0 aliphatic heterocycles. The number of ether oxygens (including phenoxy) is 1. The number of rotatable bonds is 5. The molecule has 27 heavy (non-hydrogen) atoms. The lowest BCUT2D eigenvalue weighted by Gasteiger charge is -2.13. The molecule has 0 N–H and O–H groups in total. The van der Waals surface area contributed by atoms with Crippen LogP contribution in [0.4, 0.5) is 0 Å². The van der Waals surface area contributed by atoms with E-state index in [0.29, 0.717) is 12.2 Å². The zero-order chi connectivity index (χ0) is 18.6. The Balaban J connectivity index is 1.80. The van der Waals surface area contributed by atoms with Crippen LogP contribution in [-0.4, -0.2) is 0 Å². The highest BCUT2D eigenvalue weighted by molar-refractivity contribution is 5.94. The molecule has 3 nitrogen and oxygen atoms in total. The molecule has 0 atom stereocenters.